The molecule has 1 saturated heterocycles. The number of thiocarbonyl (C=S) groups is 1. The van der Waals surface area contributed by atoms with E-state index in [4.69, 9.17) is 21.7 Å². The number of non-ortho nitro benzene ring substituents is 1. The molecule has 2 aromatic rings. The van der Waals surface area contributed by atoms with Crippen molar-refractivity contribution < 1.29 is 19.2 Å². The third-order valence-electron chi connectivity index (χ3n) is 4.27. The number of ether oxygens (including phenoxy) is 2. The highest BCUT2D eigenvalue weighted by molar-refractivity contribution is 8.26. The number of carbonyl (C=O) groups excluding carboxylic acids is 1. The average molecular weight is 457 g/mol. The predicted molar refractivity (Wildman–Crippen MR) is 125 cm³/mol. The van der Waals surface area contributed by atoms with E-state index < -0.39 is 4.92 Å². The van der Waals surface area contributed by atoms with Crippen LogP contribution < -0.4 is 9.47 Å². The molecule has 0 aromatic heterocycles. The summed E-state index contributed by atoms with van der Waals surface area (Å²) in [5, 5.41) is 10.9. The zero-order valence-electron chi connectivity index (χ0n) is 16.8. The van der Waals surface area contributed by atoms with E-state index in [2.05, 4.69) is 6.58 Å². The van der Waals surface area contributed by atoms with Crippen LogP contribution in [-0.2, 0) is 11.4 Å². The van der Waals surface area contributed by atoms with E-state index in [9.17, 15) is 14.9 Å². The maximum Gasteiger partial charge on any atom is 0.269 e. The van der Waals surface area contributed by atoms with Crippen LogP contribution in [0.5, 0.6) is 11.5 Å². The number of benzene rings is 2. The third-order valence-corrected chi connectivity index (χ3v) is 5.64. The van der Waals surface area contributed by atoms with Crippen LogP contribution in [0.15, 0.2) is 60.0 Å². The largest absolute Gasteiger partial charge is 0.490 e. The minimum atomic E-state index is -0.443. The van der Waals surface area contributed by atoms with Gasteiger partial charge < -0.3 is 9.47 Å². The van der Waals surface area contributed by atoms with Gasteiger partial charge in [-0.05, 0) is 36.3 Å². The molecule has 0 atom stereocenters. The van der Waals surface area contributed by atoms with Gasteiger partial charge in [0.2, 0.25) is 0 Å². The second-order valence-corrected chi connectivity index (χ2v) is 8.11. The van der Waals surface area contributed by atoms with Crippen LogP contribution in [0.1, 0.15) is 18.1 Å². The number of amides is 1. The average Bonchev–Trinajstić information content (AvgIpc) is 3.01. The molecule has 9 heteroatoms. The highest BCUT2D eigenvalue weighted by atomic mass is 32.2. The van der Waals surface area contributed by atoms with E-state index in [1.165, 1.54) is 28.8 Å². The molecule has 1 fully saturated rings. The molecule has 2 aromatic carbocycles. The second-order valence-electron chi connectivity index (χ2n) is 6.44. The number of nitrogens with zero attached hydrogens (tertiary/aromatic N) is 2. The molecule has 31 heavy (non-hydrogen) atoms. The van der Waals surface area contributed by atoms with Gasteiger partial charge in [0.1, 0.15) is 10.9 Å². The molecule has 0 unspecified atom stereocenters. The van der Waals surface area contributed by atoms with Crippen LogP contribution in [0, 0.1) is 10.1 Å². The summed E-state index contributed by atoms with van der Waals surface area (Å²) in [6.07, 6.45) is 3.39. The van der Waals surface area contributed by atoms with Crippen LogP contribution in [0.2, 0.25) is 0 Å². The molecular formula is C22H20N2O5S2. The Balaban J connectivity index is 1.79. The number of hydrogen-bond donors (Lipinski definition) is 0. The van der Waals surface area contributed by atoms with Crippen LogP contribution in [0.4, 0.5) is 5.69 Å². The van der Waals surface area contributed by atoms with E-state index in [1.54, 1.807) is 36.4 Å². The molecule has 0 aliphatic carbocycles. The van der Waals surface area contributed by atoms with Gasteiger partial charge in [0.15, 0.2) is 11.5 Å². The normalized spacial score (nSPS) is 14.7. The van der Waals surface area contributed by atoms with Crippen LogP contribution in [0.3, 0.4) is 0 Å². The molecule has 0 saturated carbocycles. The standard InChI is InChI=1S/C22H20N2O5S2/c1-3-10-23-21(25)20(31-22(23)30)13-15-8-9-18(19(12-15)28-4-2)29-14-16-6-5-7-17(11-16)24(26)27/h3,5-9,11-13H,1,4,10,14H2,2H3/b20-13+. The Morgan fingerprint density at radius 1 is 1.23 bits per heavy atom. The summed E-state index contributed by atoms with van der Waals surface area (Å²) < 4.78 is 12.0. The summed E-state index contributed by atoms with van der Waals surface area (Å²) in [5.74, 6) is 0.867. The molecule has 160 valence electrons. The van der Waals surface area contributed by atoms with E-state index in [0.29, 0.717) is 39.4 Å². The van der Waals surface area contributed by atoms with Crippen molar-refractivity contribution in [1.82, 2.24) is 4.90 Å². The molecule has 0 bridgehead atoms. The van der Waals surface area contributed by atoms with Gasteiger partial charge in [-0.1, -0.05) is 48.3 Å². The highest BCUT2D eigenvalue weighted by Crippen LogP contribution is 2.35. The summed E-state index contributed by atoms with van der Waals surface area (Å²) in [5.41, 5.74) is 1.45. The Morgan fingerprint density at radius 2 is 2.03 bits per heavy atom. The molecule has 0 radical (unpaired) electrons. The monoisotopic (exact) mass is 456 g/mol. The molecule has 1 amide bonds. The van der Waals surface area contributed by atoms with Crippen molar-refractivity contribution >= 4 is 46.0 Å². The number of nitro groups is 1. The topological polar surface area (TPSA) is 81.9 Å². The number of thioether (sulfide) groups is 1. The van der Waals surface area contributed by atoms with Gasteiger partial charge in [0.05, 0.1) is 16.4 Å². The zero-order valence-corrected chi connectivity index (χ0v) is 18.4. The van der Waals surface area contributed by atoms with Crippen LogP contribution in [-0.4, -0.2) is 33.2 Å². The second kappa shape index (κ2) is 10.2. The fourth-order valence-corrected chi connectivity index (χ4v) is 4.14. The lowest BCUT2D eigenvalue weighted by molar-refractivity contribution is -0.384. The number of carbonyl (C=O) groups is 1. The van der Waals surface area contributed by atoms with Gasteiger partial charge in [-0.3, -0.25) is 19.8 Å². The lowest BCUT2D eigenvalue weighted by atomic mass is 10.1. The smallest absolute Gasteiger partial charge is 0.269 e. The zero-order chi connectivity index (χ0) is 22.4. The van der Waals surface area contributed by atoms with Gasteiger partial charge in [0.25, 0.3) is 11.6 Å². The van der Waals surface area contributed by atoms with Crippen molar-refractivity contribution in [3.63, 3.8) is 0 Å². The van der Waals surface area contributed by atoms with Crippen LogP contribution >= 0.6 is 24.0 Å². The first-order valence-electron chi connectivity index (χ1n) is 9.42. The van der Waals surface area contributed by atoms with Gasteiger partial charge in [-0.15, -0.1) is 6.58 Å². The lowest BCUT2D eigenvalue weighted by Crippen LogP contribution is -2.27. The first-order chi connectivity index (χ1) is 14.9. The van der Waals surface area contributed by atoms with Gasteiger partial charge in [-0.25, -0.2) is 0 Å². The van der Waals surface area contributed by atoms with Crippen molar-refractivity contribution in [3.8, 4) is 11.5 Å². The van der Waals surface area contributed by atoms with Crippen molar-refractivity contribution in [2.75, 3.05) is 13.2 Å². The number of hydrogen-bond acceptors (Lipinski definition) is 7. The van der Waals surface area contributed by atoms with Crippen molar-refractivity contribution in [1.29, 1.82) is 0 Å². The Bertz CT molecular complexity index is 1070. The van der Waals surface area contributed by atoms with E-state index >= 15 is 0 Å². The summed E-state index contributed by atoms with van der Waals surface area (Å²) >= 11 is 6.51. The molecule has 1 heterocycles. The van der Waals surface area contributed by atoms with Crippen LogP contribution in [0.25, 0.3) is 6.08 Å². The summed E-state index contributed by atoms with van der Waals surface area (Å²) in [6, 6.07) is 11.6. The lowest BCUT2D eigenvalue weighted by Gasteiger charge is -2.13. The first-order valence-corrected chi connectivity index (χ1v) is 10.6. The molecule has 1 aliphatic heterocycles. The first kappa shape index (κ1) is 22.5. The Morgan fingerprint density at radius 3 is 2.74 bits per heavy atom. The van der Waals surface area contributed by atoms with E-state index in [-0.39, 0.29) is 18.2 Å². The molecule has 0 N–H and O–H groups in total. The van der Waals surface area contributed by atoms with Gasteiger partial charge >= 0.3 is 0 Å². The molecule has 7 nitrogen and oxygen atoms in total. The fourth-order valence-electron chi connectivity index (χ4n) is 2.86. The summed E-state index contributed by atoms with van der Waals surface area (Å²) in [7, 11) is 0. The Kier molecular flexibility index (Phi) is 7.43. The third kappa shape index (κ3) is 5.50. The minimum absolute atomic E-state index is 0.00949. The SMILES string of the molecule is C=CCN1C(=O)/C(=C\c2ccc(OCc3cccc([N+](=O)[O-])c3)c(OCC)c2)SC1=S. The number of nitro benzene ring substituents is 1. The van der Waals surface area contributed by atoms with Crippen molar-refractivity contribution in [2.45, 2.75) is 13.5 Å². The quantitative estimate of drug-likeness (QED) is 0.173. The van der Waals surface area contributed by atoms with Gasteiger partial charge in [0, 0.05) is 18.7 Å². The Labute approximate surface area is 189 Å². The molecular weight excluding hydrogens is 436 g/mol. The Hall–Kier alpha value is -3.17. The van der Waals surface area contributed by atoms with E-state index in [0.717, 1.165) is 5.56 Å². The summed E-state index contributed by atoms with van der Waals surface area (Å²) in [4.78, 5) is 25.0. The number of rotatable bonds is 9. The maximum absolute atomic E-state index is 12.5. The fraction of sp³-hybridized carbons (Fsp3) is 0.182. The molecule has 3 rings (SSSR count). The van der Waals surface area contributed by atoms with Crippen molar-refractivity contribution in [3.05, 3.63) is 81.3 Å². The highest BCUT2D eigenvalue weighted by Gasteiger charge is 2.31. The molecule has 0 spiro atoms. The maximum atomic E-state index is 12.5. The predicted octanol–water partition coefficient (Wildman–Crippen LogP) is 4.96. The molecule has 1 aliphatic rings. The summed E-state index contributed by atoms with van der Waals surface area (Å²) in [6.45, 7) is 6.46. The minimum Gasteiger partial charge on any atom is -0.490 e. The van der Waals surface area contributed by atoms with E-state index in [1.807, 2.05) is 13.0 Å². The van der Waals surface area contributed by atoms with Crippen molar-refractivity contribution in [2.24, 2.45) is 0 Å². The van der Waals surface area contributed by atoms with Gasteiger partial charge in [-0.2, -0.15) is 0 Å².